The van der Waals surface area contributed by atoms with Gasteiger partial charge in [0.1, 0.15) is 0 Å². The molecule has 0 saturated heterocycles. The van der Waals surface area contributed by atoms with Crippen molar-refractivity contribution >= 4 is 21.9 Å². The molecule has 0 bridgehead atoms. The van der Waals surface area contributed by atoms with Gasteiger partial charge in [-0.25, -0.2) is 4.79 Å². The Bertz CT molecular complexity index is 228. The first-order chi connectivity index (χ1) is 5.22. The normalized spacial score (nSPS) is 18.3. The first kappa shape index (κ1) is 8.53. The zero-order valence-electron chi connectivity index (χ0n) is 6.01. The average molecular weight is 217 g/mol. The van der Waals surface area contributed by atoms with Crippen molar-refractivity contribution in [3.05, 3.63) is 22.2 Å². The van der Waals surface area contributed by atoms with Crippen LogP contribution in [0.3, 0.4) is 0 Å². The van der Waals surface area contributed by atoms with Crippen LogP contribution >= 0.6 is 15.9 Å². The van der Waals surface area contributed by atoms with Crippen molar-refractivity contribution in [2.75, 3.05) is 0 Å². The quantitative estimate of drug-likeness (QED) is 0.732. The Kier molecular flexibility index (Phi) is 2.88. The van der Waals surface area contributed by atoms with Crippen LogP contribution in [-0.2, 0) is 4.79 Å². The van der Waals surface area contributed by atoms with Crippen molar-refractivity contribution in [3.63, 3.8) is 0 Å². The maximum atomic E-state index is 10.6. The van der Waals surface area contributed by atoms with Gasteiger partial charge in [0.2, 0.25) is 0 Å². The van der Waals surface area contributed by atoms with Crippen molar-refractivity contribution in [3.8, 4) is 0 Å². The highest BCUT2D eigenvalue weighted by Crippen LogP contribution is 2.22. The third-order valence-corrected chi connectivity index (χ3v) is 2.32. The summed E-state index contributed by atoms with van der Waals surface area (Å²) in [7, 11) is 0. The number of aliphatic carboxylic acids is 1. The number of carboxylic acid groups (broad SMARTS) is 1. The molecule has 0 aromatic heterocycles. The molecule has 0 fully saturated rings. The Morgan fingerprint density at radius 1 is 1.45 bits per heavy atom. The number of carboxylic acids is 1. The zero-order valence-corrected chi connectivity index (χ0v) is 7.60. The lowest BCUT2D eigenvalue weighted by molar-refractivity contribution is -0.132. The number of rotatable bonds is 1. The van der Waals surface area contributed by atoms with Crippen LogP contribution in [0, 0.1) is 0 Å². The number of carbonyl (C=O) groups is 1. The maximum absolute atomic E-state index is 10.6. The molecule has 2 nitrogen and oxygen atoms in total. The van der Waals surface area contributed by atoms with E-state index in [4.69, 9.17) is 5.11 Å². The number of allylic oxidation sites excluding steroid dienone is 2. The van der Waals surface area contributed by atoms with Gasteiger partial charge >= 0.3 is 5.97 Å². The molecular weight excluding hydrogens is 208 g/mol. The molecule has 1 aliphatic rings. The fraction of sp³-hybridized carbons (Fsp3) is 0.375. The van der Waals surface area contributed by atoms with Gasteiger partial charge in [-0.3, -0.25) is 0 Å². The van der Waals surface area contributed by atoms with Gasteiger partial charge in [-0.2, -0.15) is 0 Å². The molecule has 0 unspecified atom stereocenters. The van der Waals surface area contributed by atoms with Crippen molar-refractivity contribution in [1.82, 2.24) is 0 Å². The van der Waals surface area contributed by atoms with Gasteiger partial charge < -0.3 is 5.11 Å². The van der Waals surface area contributed by atoms with Gasteiger partial charge in [0.25, 0.3) is 0 Å². The highest BCUT2D eigenvalue weighted by molar-refractivity contribution is 9.12. The second-order valence-corrected chi connectivity index (χ2v) is 3.26. The average Bonchev–Trinajstić information content (AvgIpc) is 2.13. The molecule has 11 heavy (non-hydrogen) atoms. The number of halogens is 1. The lowest BCUT2D eigenvalue weighted by Gasteiger charge is -1.96. The molecule has 0 spiro atoms. The molecule has 0 amide bonds. The van der Waals surface area contributed by atoms with E-state index >= 15 is 0 Å². The third-order valence-electron chi connectivity index (χ3n) is 1.57. The van der Waals surface area contributed by atoms with Gasteiger partial charge in [-0.15, -0.1) is 0 Å². The Hall–Kier alpha value is -0.570. The van der Waals surface area contributed by atoms with Gasteiger partial charge in [-0.05, 0) is 19.3 Å². The molecule has 3 heteroatoms. The lowest BCUT2D eigenvalue weighted by Crippen LogP contribution is -1.99. The molecule has 1 N–H and O–H groups in total. The van der Waals surface area contributed by atoms with Gasteiger partial charge in [0.15, 0.2) is 0 Å². The minimum atomic E-state index is -0.852. The Balaban J connectivity index is 2.87. The molecule has 0 atom stereocenters. The molecule has 0 heterocycles. The van der Waals surface area contributed by atoms with Crippen LogP contribution in [0.1, 0.15) is 19.3 Å². The first-order valence-corrected chi connectivity index (χ1v) is 4.30. The highest BCUT2D eigenvalue weighted by atomic mass is 79.9. The minimum Gasteiger partial charge on any atom is -0.478 e. The van der Waals surface area contributed by atoms with Crippen LogP contribution in [0.4, 0.5) is 0 Å². The van der Waals surface area contributed by atoms with Crippen LogP contribution in [0.25, 0.3) is 0 Å². The number of hydrogen-bond acceptors (Lipinski definition) is 1. The van der Waals surface area contributed by atoms with Crippen LogP contribution < -0.4 is 0 Å². The van der Waals surface area contributed by atoms with E-state index in [1.165, 1.54) is 0 Å². The second-order valence-electron chi connectivity index (χ2n) is 2.41. The monoisotopic (exact) mass is 216 g/mol. The fourth-order valence-corrected chi connectivity index (χ4v) is 1.55. The summed E-state index contributed by atoms with van der Waals surface area (Å²) in [4.78, 5) is 10.6. The van der Waals surface area contributed by atoms with E-state index in [9.17, 15) is 4.79 Å². The van der Waals surface area contributed by atoms with E-state index in [-0.39, 0.29) is 0 Å². The summed E-state index contributed by atoms with van der Waals surface area (Å²) in [5.41, 5.74) is 0.391. The Morgan fingerprint density at radius 2 is 2.09 bits per heavy atom. The van der Waals surface area contributed by atoms with Crippen LogP contribution in [0.5, 0.6) is 0 Å². The van der Waals surface area contributed by atoms with Crippen LogP contribution in [0.15, 0.2) is 22.2 Å². The predicted octanol–water partition coefficient (Wildman–Crippen LogP) is 2.46. The standard InChI is InChI=1S/C8H9BrO2/c9-7-5-3-1-2-4-6(7)8(10)11/h4-5H,1-3H2,(H,10,11). The molecule has 0 saturated carbocycles. The van der Waals surface area contributed by atoms with Crippen LogP contribution in [-0.4, -0.2) is 11.1 Å². The van der Waals surface area contributed by atoms with E-state index in [0.717, 1.165) is 19.3 Å². The van der Waals surface area contributed by atoms with E-state index in [0.29, 0.717) is 10.1 Å². The molecule has 1 aliphatic carbocycles. The van der Waals surface area contributed by atoms with E-state index in [1.54, 1.807) is 6.08 Å². The van der Waals surface area contributed by atoms with Gasteiger partial charge in [-0.1, -0.05) is 28.1 Å². The SMILES string of the molecule is O=C(O)C1=CCCCC=C1Br. The topological polar surface area (TPSA) is 37.3 Å². The highest BCUT2D eigenvalue weighted by Gasteiger charge is 2.11. The minimum absolute atomic E-state index is 0.391. The maximum Gasteiger partial charge on any atom is 0.336 e. The van der Waals surface area contributed by atoms with Crippen molar-refractivity contribution in [1.29, 1.82) is 0 Å². The first-order valence-electron chi connectivity index (χ1n) is 3.51. The zero-order chi connectivity index (χ0) is 8.27. The molecular formula is C8H9BrO2. The summed E-state index contributed by atoms with van der Waals surface area (Å²) in [6.45, 7) is 0. The van der Waals surface area contributed by atoms with E-state index in [1.807, 2.05) is 6.08 Å². The third kappa shape index (κ3) is 2.19. The van der Waals surface area contributed by atoms with E-state index < -0.39 is 5.97 Å². The van der Waals surface area contributed by atoms with Gasteiger partial charge in [0, 0.05) is 4.48 Å². The molecule has 60 valence electrons. The Labute approximate surface area is 73.7 Å². The smallest absolute Gasteiger partial charge is 0.336 e. The van der Waals surface area contributed by atoms with Crippen LogP contribution in [0.2, 0.25) is 0 Å². The fourth-order valence-electron chi connectivity index (χ4n) is 0.990. The molecule has 0 aromatic rings. The summed E-state index contributed by atoms with van der Waals surface area (Å²) in [6.07, 6.45) is 6.51. The predicted molar refractivity (Wildman–Crippen MR) is 46.6 cm³/mol. The molecule has 0 aliphatic heterocycles. The lowest BCUT2D eigenvalue weighted by atomic mass is 10.2. The molecule has 0 aromatic carbocycles. The summed E-state index contributed by atoms with van der Waals surface area (Å²) in [6, 6.07) is 0. The van der Waals surface area contributed by atoms with Crippen molar-refractivity contribution in [2.24, 2.45) is 0 Å². The second kappa shape index (κ2) is 3.72. The summed E-state index contributed by atoms with van der Waals surface area (Å²) >= 11 is 3.22. The summed E-state index contributed by atoms with van der Waals surface area (Å²) < 4.78 is 0.711. The summed E-state index contributed by atoms with van der Waals surface area (Å²) in [5, 5.41) is 8.69. The molecule has 1 rings (SSSR count). The van der Waals surface area contributed by atoms with Gasteiger partial charge in [0.05, 0.1) is 5.57 Å². The summed E-state index contributed by atoms with van der Waals surface area (Å²) in [5.74, 6) is -0.852. The van der Waals surface area contributed by atoms with E-state index in [2.05, 4.69) is 15.9 Å². The van der Waals surface area contributed by atoms with Crippen molar-refractivity contribution in [2.45, 2.75) is 19.3 Å². The largest absolute Gasteiger partial charge is 0.478 e. The molecule has 0 radical (unpaired) electrons. The Morgan fingerprint density at radius 3 is 2.73 bits per heavy atom. The number of hydrogen-bond donors (Lipinski definition) is 1. The van der Waals surface area contributed by atoms with Crippen molar-refractivity contribution < 1.29 is 9.90 Å².